The molecule has 1 unspecified atom stereocenters. The summed E-state index contributed by atoms with van der Waals surface area (Å²) in [6.45, 7) is 4.94. The lowest BCUT2D eigenvalue weighted by molar-refractivity contribution is -0.125. The predicted molar refractivity (Wildman–Crippen MR) is 103 cm³/mol. The first-order valence-corrected chi connectivity index (χ1v) is 9.77. The van der Waals surface area contributed by atoms with Crippen molar-refractivity contribution in [2.75, 3.05) is 13.2 Å². The van der Waals surface area contributed by atoms with Gasteiger partial charge in [0, 0.05) is 6.54 Å². The minimum Gasteiger partial charge on any atom is -0.491 e. The van der Waals surface area contributed by atoms with E-state index in [0.29, 0.717) is 24.4 Å². The van der Waals surface area contributed by atoms with E-state index < -0.39 is 6.04 Å². The number of carbonyl (C=O) groups is 2. The Balaban J connectivity index is 1.54. The summed E-state index contributed by atoms with van der Waals surface area (Å²) in [5.41, 5.74) is 1.13. The van der Waals surface area contributed by atoms with Crippen LogP contribution in [0.2, 0.25) is 0 Å². The number of aryl methyl sites for hydroxylation is 1. The van der Waals surface area contributed by atoms with E-state index in [2.05, 4.69) is 5.32 Å². The van der Waals surface area contributed by atoms with Crippen molar-refractivity contribution >= 4 is 23.2 Å². The van der Waals surface area contributed by atoms with Crippen LogP contribution in [0.25, 0.3) is 0 Å². The molecule has 2 heterocycles. The highest BCUT2D eigenvalue weighted by atomic mass is 32.1. The number of ether oxygens (including phenoxy) is 1. The van der Waals surface area contributed by atoms with Crippen LogP contribution in [0.15, 0.2) is 41.8 Å². The van der Waals surface area contributed by atoms with Gasteiger partial charge >= 0.3 is 0 Å². The van der Waals surface area contributed by atoms with Crippen molar-refractivity contribution in [3.05, 3.63) is 52.2 Å². The summed E-state index contributed by atoms with van der Waals surface area (Å²) in [6.07, 6.45) is 1.55. The van der Waals surface area contributed by atoms with Gasteiger partial charge in [0.2, 0.25) is 5.91 Å². The average molecular weight is 372 g/mol. The van der Waals surface area contributed by atoms with Gasteiger partial charge in [0.25, 0.3) is 5.91 Å². The highest BCUT2D eigenvalue weighted by molar-refractivity contribution is 7.12. The Morgan fingerprint density at radius 1 is 1.35 bits per heavy atom. The van der Waals surface area contributed by atoms with Gasteiger partial charge in [-0.25, -0.2) is 0 Å². The number of benzene rings is 1. The van der Waals surface area contributed by atoms with Crippen molar-refractivity contribution in [3.63, 3.8) is 0 Å². The van der Waals surface area contributed by atoms with Crippen LogP contribution in [-0.4, -0.2) is 41.9 Å². The molecule has 26 heavy (non-hydrogen) atoms. The van der Waals surface area contributed by atoms with Crippen LogP contribution in [0.3, 0.4) is 0 Å². The molecule has 0 aliphatic carbocycles. The highest BCUT2D eigenvalue weighted by Gasteiger charge is 2.35. The van der Waals surface area contributed by atoms with Crippen molar-refractivity contribution in [1.82, 2.24) is 10.2 Å². The Morgan fingerprint density at radius 2 is 2.19 bits per heavy atom. The molecule has 2 aromatic rings. The standard InChI is InChI=1S/C20H24N2O3S/c1-14-6-3-7-16(12-14)25-13-15(2)21-19(23)17-8-4-10-22(17)20(24)18-9-5-11-26-18/h3,5-7,9,11-12,15,17H,4,8,10,13H2,1-2H3,(H,21,23)/t15?,17-/m0/s1. The SMILES string of the molecule is Cc1cccc(OCC(C)NC(=O)[C@@H]2CCCN2C(=O)c2cccs2)c1. The number of nitrogens with zero attached hydrogens (tertiary/aromatic N) is 1. The molecule has 6 heteroatoms. The average Bonchev–Trinajstić information content (AvgIpc) is 3.31. The fourth-order valence-corrected chi connectivity index (χ4v) is 3.81. The quantitative estimate of drug-likeness (QED) is 0.847. The summed E-state index contributed by atoms with van der Waals surface area (Å²) in [7, 11) is 0. The Hall–Kier alpha value is -2.34. The zero-order chi connectivity index (χ0) is 18.5. The molecule has 1 aliphatic rings. The van der Waals surface area contributed by atoms with Gasteiger partial charge in [0.05, 0.1) is 10.9 Å². The van der Waals surface area contributed by atoms with Crippen LogP contribution >= 0.6 is 11.3 Å². The molecule has 0 radical (unpaired) electrons. The number of nitrogens with one attached hydrogen (secondary N) is 1. The third-order valence-electron chi connectivity index (χ3n) is 4.43. The largest absolute Gasteiger partial charge is 0.491 e. The van der Waals surface area contributed by atoms with Crippen LogP contribution in [0.1, 0.15) is 35.0 Å². The molecule has 1 saturated heterocycles. The van der Waals surface area contributed by atoms with Crippen LogP contribution in [-0.2, 0) is 4.79 Å². The molecule has 5 nitrogen and oxygen atoms in total. The van der Waals surface area contributed by atoms with Crippen LogP contribution in [0.5, 0.6) is 5.75 Å². The molecule has 138 valence electrons. The maximum absolute atomic E-state index is 12.6. The molecular formula is C20H24N2O3S. The smallest absolute Gasteiger partial charge is 0.264 e. The van der Waals surface area contributed by atoms with Crippen molar-refractivity contribution < 1.29 is 14.3 Å². The van der Waals surface area contributed by atoms with Crippen molar-refractivity contribution in [1.29, 1.82) is 0 Å². The van der Waals surface area contributed by atoms with Gasteiger partial charge in [-0.15, -0.1) is 11.3 Å². The van der Waals surface area contributed by atoms with Gasteiger partial charge in [0.1, 0.15) is 18.4 Å². The van der Waals surface area contributed by atoms with Crippen LogP contribution in [0, 0.1) is 6.92 Å². The molecular weight excluding hydrogens is 348 g/mol. The number of thiophene rings is 1. The zero-order valence-electron chi connectivity index (χ0n) is 15.1. The van der Waals surface area contributed by atoms with E-state index in [0.717, 1.165) is 17.7 Å². The number of hydrogen-bond donors (Lipinski definition) is 1. The van der Waals surface area contributed by atoms with Crippen molar-refractivity contribution in [2.45, 2.75) is 38.8 Å². The van der Waals surface area contributed by atoms with E-state index in [1.54, 1.807) is 11.0 Å². The Labute approximate surface area is 158 Å². The monoisotopic (exact) mass is 372 g/mol. The molecule has 0 saturated carbocycles. The number of hydrogen-bond acceptors (Lipinski definition) is 4. The summed E-state index contributed by atoms with van der Waals surface area (Å²) < 4.78 is 5.75. The highest BCUT2D eigenvalue weighted by Crippen LogP contribution is 2.22. The molecule has 2 amide bonds. The summed E-state index contributed by atoms with van der Waals surface area (Å²) in [5.74, 6) is 0.635. The summed E-state index contributed by atoms with van der Waals surface area (Å²) in [6, 6.07) is 10.9. The van der Waals surface area contributed by atoms with Gasteiger partial charge in [-0.1, -0.05) is 18.2 Å². The van der Waals surface area contributed by atoms with Gasteiger partial charge in [-0.3, -0.25) is 9.59 Å². The lowest BCUT2D eigenvalue weighted by atomic mass is 10.2. The fourth-order valence-electron chi connectivity index (χ4n) is 3.13. The van der Waals surface area contributed by atoms with E-state index in [1.165, 1.54) is 11.3 Å². The van der Waals surface area contributed by atoms with E-state index in [4.69, 9.17) is 4.74 Å². The second kappa shape index (κ2) is 8.36. The number of likely N-dealkylation sites (tertiary alicyclic amines) is 1. The molecule has 0 spiro atoms. The van der Waals surface area contributed by atoms with Gasteiger partial charge in [-0.05, 0) is 55.8 Å². The van der Waals surface area contributed by atoms with E-state index >= 15 is 0 Å². The summed E-state index contributed by atoms with van der Waals surface area (Å²) in [5, 5.41) is 4.86. The predicted octanol–water partition coefficient (Wildman–Crippen LogP) is 3.24. The molecule has 1 N–H and O–H groups in total. The summed E-state index contributed by atoms with van der Waals surface area (Å²) in [4.78, 5) is 27.6. The molecule has 1 aliphatic heterocycles. The first-order chi connectivity index (χ1) is 12.5. The Morgan fingerprint density at radius 3 is 2.92 bits per heavy atom. The first kappa shape index (κ1) is 18.5. The van der Waals surface area contributed by atoms with Gasteiger partial charge in [0.15, 0.2) is 0 Å². The number of amides is 2. The van der Waals surface area contributed by atoms with Gasteiger partial charge < -0.3 is 15.0 Å². The van der Waals surface area contributed by atoms with Crippen molar-refractivity contribution in [3.8, 4) is 5.75 Å². The second-order valence-electron chi connectivity index (χ2n) is 6.67. The number of carbonyl (C=O) groups excluding carboxylic acids is 2. The third kappa shape index (κ3) is 4.43. The first-order valence-electron chi connectivity index (χ1n) is 8.89. The van der Waals surface area contributed by atoms with Crippen LogP contribution in [0.4, 0.5) is 0 Å². The minimum atomic E-state index is -0.397. The summed E-state index contributed by atoms with van der Waals surface area (Å²) >= 11 is 1.41. The molecule has 1 aromatic heterocycles. The fraction of sp³-hybridized carbons (Fsp3) is 0.400. The molecule has 3 rings (SSSR count). The Kier molecular flexibility index (Phi) is 5.93. The molecule has 0 bridgehead atoms. The third-order valence-corrected chi connectivity index (χ3v) is 5.28. The van der Waals surface area contributed by atoms with E-state index in [-0.39, 0.29) is 17.9 Å². The molecule has 2 atom stereocenters. The number of rotatable bonds is 6. The lowest BCUT2D eigenvalue weighted by Gasteiger charge is -2.25. The van der Waals surface area contributed by atoms with Gasteiger partial charge in [-0.2, -0.15) is 0 Å². The van der Waals surface area contributed by atoms with Crippen LogP contribution < -0.4 is 10.1 Å². The lowest BCUT2D eigenvalue weighted by Crippen LogP contribution is -2.49. The van der Waals surface area contributed by atoms with Crippen molar-refractivity contribution in [2.24, 2.45) is 0 Å². The second-order valence-corrected chi connectivity index (χ2v) is 7.62. The Bertz CT molecular complexity index is 760. The molecule has 1 fully saturated rings. The van der Waals surface area contributed by atoms with E-state index in [1.807, 2.05) is 49.6 Å². The maximum Gasteiger partial charge on any atom is 0.264 e. The topological polar surface area (TPSA) is 58.6 Å². The maximum atomic E-state index is 12.6. The minimum absolute atomic E-state index is 0.0543. The normalized spacial score (nSPS) is 17.8. The zero-order valence-corrected chi connectivity index (χ0v) is 15.9. The molecule has 1 aromatic carbocycles. The van der Waals surface area contributed by atoms with E-state index in [9.17, 15) is 9.59 Å².